The second kappa shape index (κ2) is 8.56. The molecule has 1 fully saturated rings. The fourth-order valence-electron chi connectivity index (χ4n) is 3.26. The van der Waals surface area contributed by atoms with Gasteiger partial charge in [-0.3, -0.25) is 4.79 Å². The average Bonchev–Trinajstić information content (AvgIpc) is 2.73. The zero-order valence-electron chi connectivity index (χ0n) is 15.6. The monoisotopic (exact) mass is 381 g/mol. The normalized spacial score (nSPS) is 26.5. The molecule has 1 N–H and O–H groups in total. The van der Waals surface area contributed by atoms with E-state index in [9.17, 15) is 4.79 Å². The van der Waals surface area contributed by atoms with E-state index in [1.807, 2.05) is 66.7 Å². The molecule has 146 valence electrons. The molecular weight excluding hydrogens is 358 g/mol. The number of hydrogen-bond donors (Lipinski definition) is 1. The zero-order chi connectivity index (χ0) is 19.3. The molecule has 6 heteroatoms. The summed E-state index contributed by atoms with van der Waals surface area (Å²) in [5.41, 5.74) is 1.96. The van der Waals surface area contributed by atoms with Gasteiger partial charge in [0.25, 0.3) is 0 Å². The van der Waals surface area contributed by atoms with Gasteiger partial charge in [0.15, 0.2) is 6.29 Å². The molecule has 2 aromatic rings. The zero-order valence-corrected chi connectivity index (χ0v) is 15.6. The van der Waals surface area contributed by atoms with Crippen molar-refractivity contribution < 1.29 is 23.7 Å². The van der Waals surface area contributed by atoms with E-state index in [4.69, 9.17) is 18.9 Å². The maximum Gasteiger partial charge on any atom is 0.226 e. The van der Waals surface area contributed by atoms with E-state index in [1.54, 1.807) is 0 Å². The lowest BCUT2D eigenvalue weighted by Crippen LogP contribution is -2.51. The molecule has 0 aromatic heterocycles. The first-order valence-electron chi connectivity index (χ1n) is 9.32. The van der Waals surface area contributed by atoms with Crippen molar-refractivity contribution in [2.45, 2.75) is 38.3 Å². The Balaban J connectivity index is 1.48. The summed E-state index contributed by atoms with van der Waals surface area (Å²) in [6.45, 7) is 2.20. The maximum atomic E-state index is 11.7. The van der Waals surface area contributed by atoms with Crippen LogP contribution in [0, 0.1) is 0 Å². The minimum atomic E-state index is -0.627. The van der Waals surface area contributed by atoms with E-state index < -0.39 is 18.6 Å². The van der Waals surface area contributed by atoms with Gasteiger partial charge in [0.05, 0.1) is 13.2 Å². The molecule has 2 aliphatic rings. The molecule has 0 aliphatic carbocycles. The third kappa shape index (κ3) is 4.42. The summed E-state index contributed by atoms with van der Waals surface area (Å²) in [7, 11) is 0. The summed E-state index contributed by atoms with van der Waals surface area (Å²) in [6.07, 6.45) is 0.375. The van der Waals surface area contributed by atoms with Crippen LogP contribution in [0.3, 0.4) is 0 Å². The Morgan fingerprint density at radius 1 is 1.11 bits per heavy atom. The van der Waals surface area contributed by atoms with Gasteiger partial charge >= 0.3 is 0 Å². The van der Waals surface area contributed by atoms with Crippen LogP contribution in [-0.2, 0) is 30.3 Å². The highest BCUT2D eigenvalue weighted by molar-refractivity contribution is 5.73. The number of amides is 1. The van der Waals surface area contributed by atoms with Crippen LogP contribution in [0.15, 0.2) is 72.5 Å². The van der Waals surface area contributed by atoms with Gasteiger partial charge in [-0.25, -0.2) is 0 Å². The average molecular weight is 381 g/mol. The molecule has 4 atom stereocenters. The number of fused-ring (bicyclic) bond motifs is 1. The van der Waals surface area contributed by atoms with Crippen LogP contribution in [0.25, 0.3) is 0 Å². The van der Waals surface area contributed by atoms with Crippen LogP contribution in [0.5, 0.6) is 0 Å². The van der Waals surface area contributed by atoms with Crippen molar-refractivity contribution in [1.29, 1.82) is 0 Å². The van der Waals surface area contributed by atoms with Gasteiger partial charge in [-0.1, -0.05) is 60.7 Å². The van der Waals surface area contributed by atoms with Gasteiger partial charge in [0, 0.05) is 12.5 Å². The Morgan fingerprint density at radius 2 is 1.82 bits per heavy atom. The van der Waals surface area contributed by atoms with Crippen LogP contribution >= 0.6 is 0 Å². The van der Waals surface area contributed by atoms with Crippen molar-refractivity contribution in [1.82, 2.24) is 5.32 Å². The number of carbonyl (C=O) groups excluding carboxylic acids is 1. The summed E-state index contributed by atoms with van der Waals surface area (Å²) >= 11 is 0. The van der Waals surface area contributed by atoms with Gasteiger partial charge < -0.3 is 24.3 Å². The molecule has 1 unspecified atom stereocenters. The second-order valence-corrected chi connectivity index (χ2v) is 6.78. The third-order valence-corrected chi connectivity index (χ3v) is 4.59. The highest BCUT2D eigenvalue weighted by Gasteiger charge is 2.38. The SMILES string of the molecule is CC(=O)N[C@@H]1C=C2OC(c3ccccc3)OC[C@H]2O[C@H]1OCc1ccccc1. The molecule has 2 aliphatic heterocycles. The Kier molecular flexibility index (Phi) is 5.71. The Morgan fingerprint density at radius 3 is 2.54 bits per heavy atom. The fraction of sp³-hybridized carbons (Fsp3) is 0.318. The number of benzene rings is 2. The first-order valence-corrected chi connectivity index (χ1v) is 9.32. The quantitative estimate of drug-likeness (QED) is 0.862. The lowest BCUT2D eigenvalue weighted by atomic mass is 10.1. The van der Waals surface area contributed by atoms with E-state index in [-0.39, 0.29) is 12.0 Å². The van der Waals surface area contributed by atoms with Gasteiger partial charge in [0.1, 0.15) is 17.9 Å². The van der Waals surface area contributed by atoms with Crippen molar-refractivity contribution >= 4 is 5.91 Å². The van der Waals surface area contributed by atoms with Crippen LogP contribution in [0.2, 0.25) is 0 Å². The molecule has 28 heavy (non-hydrogen) atoms. The highest BCUT2D eigenvalue weighted by atomic mass is 16.7. The third-order valence-electron chi connectivity index (χ3n) is 4.59. The van der Waals surface area contributed by atoms with Gasteiger partial charge in [0.2, 0.25) is 12.2 Å². The topological polar surface area (TPSA) is 66.0 Å². The number of hydrogen-bond acceptors (Lipinski definition) is 5. The van der Waals surface area contributed by atoms with Crippen molar-refractivity contribution in [3.8, 4) is 0 Å². The second-order valence-electron chi connectivity index (χ2n) is 6.78. The minimum Gasteiger partial charge on any atom is -0.462 e. The van der Waals surface area contributed by atoms with Crippen molar-refractivity contribution in [2.75, 3.05) is 6.61 Å². The summed E-state index contributed by atoms with van der Waals surface area (Å²) in [6, 6.07) is 19.1. The van der Waals surface area contributed by atoms with Crippen molar-refractivity contribution in [3.05, 3.63) is 83.6 Å². The van der Waals surface area contributed by atoms with Crippen LogP contribution < -0.4 is 5.32 Å². The molecule has 2 aromatic carbocycles. The summed E-state index contributed by atoms with van der Waals surface area (Å²) in [5, 5.41) is 2.87. The number of carbonyl (C=O) groups is 1. The molecule has 0 saturated carbocycles. The first kappa shape index (κ1) is 18.7. The molecule has 6 nitrogen and oxygen atoms in total. The smallest absolute Gasteiger partial charge is 0.226 e. The van der Waals surface area contributed by atoms with E-state index in [2.05, 4.69) is 5.32 Å². The molecule has 4 rings (SSSR count). The van der Waals surface area contributed by atoms with E-state index in [0.717, 1.165) is 11.1 Å². The van der Waals surface area contributed by atoms with E-state index in [1.165, 1.54) is 6.92 Å². The Bertz CT molecular complexity index is 823. The van der Waals surface area contributed by atoms with Crippen molar-refractivity contribution in [2.24, 2.45) is 0 Å². The lowest BCUT2D eigenvalue weighted by molar-refractivity contribution is -0.255. The molecule has 0 spiro atoms. The first-order chi connectivity index (χ1) is 13.7. The predicted molar refractivity (Wildman–Crippen MR) is 102 cm³/mol. The number of nitrogens with one attached hydrogen (secondary N) is 1. The summed E-state index contributed by atoms with van der Waals surface area (Å²) < 4.78 is 23.8. The largest absolute Gasteiger partial charge is 0.462 e. The Labute approximate surface area is 164 Å². The number of ether oxygens (including phenoxy) is 4. The summed E-state index contributed by atoms with van der Waals surface area (Å²) in [4.78, 5) is 11.7. The molecule has 0 radical (unpaired) electrons. The molecule has 1 saturated heterocycles. The van der Waals surface area contributed by atoms with Gasteiger partial charge in [-0.2, -0.15) is 0 Å². The maximum absolute atomic E-state index is 11.7. The van der Waals surface area contributed by atoms with Crippen molar-refractivity contribution in [3.63, 3.8) is 0 Å². The van der Waals surface area contributed by atoms with E-state index in [0.29, 0.717) is 19.0 Å². The number of rotatable bonds is 5. The highest BCUT2D eigenvalue weighted by Crippen LogP contribution is 2.33. The van der Waals surface area contributed by atoms with Crippen LogP contribution in [-0.4, -0.2) is 30.9 Å². The molecule has 0 bridgehead atoms. The molecular formula is C22H23NO5. The Hall–Kier alpha value is -2.67. The fourth-order valence-corrected chi connectivity index (χ4v) is 3.26. The van der Waals surface area contributed by atoms with Crippen LogP contribution in [0.4, 0.5) is 0 Å². The molecule has 1 amide bonds. The van der Waals surface area contributed by atoms with Gasteiger partial charge in [-0.15, -0.1) is 0 Å². The van der Waals surface area contributed by atoms with E-state index >= 15 is 0 Å². The standard InChI is InChI=1S/C22H23NO5/c1-15(24)23-18-12-19-20(14-26-21(27-19)17-10-6-3-7-11-17)28-22(18)25-13-16-8-4-2-5-9-16/h2-12,18,20-22H,13-14H2,1H3,(H,23,24)/t18-,20-,21?,22-/m1/s1. The minimum absolute atomic E-state index is 0.163. The van der Waals surface area contributed by atoms with Gasteiger partial charge in [-0.05, 0) is 11.6 Å². The predicted octanol–water partition coefficient (Wildman–Crippen LogP) is 3.06. The summed E-state index contributed by atoms with van der Waals surface area (Å²) in [5.74, 6) is 0.488. The molecule has 2 heterocycles. The lowest BCUT2D eigenvalue weighted by Gasteiger charge is -2.39. The van der Waals surface area contributed by atoms with Crippen LogP contribution in [0.1, 0.15) is 24.3 Å².